The molecule has 4 aromatic heterocycles. The van der Waals surface area contributed by atoms with Gasteiger partial charge in [-0.25, -0.2) is 18.4 Å². The Hall–Kier alpha value is -4.13. The van der Waals surface area contributed by atoms with Crippen molar-refractivity contribution in [2.45, 2.75) is 26.6 Å². The van der Waals surface area contributed by atoms with Crippen molar-refractivity contribution in [1.82, 2.24) is 24.1 Å². The largest absolute Gasteiger partial charge is 0.416 e. The minimum absolute atomic E-state index is 0.0143. The molecule has 9 nitrogen and oxygen atoms in total. The first-order valence-corrected chi connectivity index (χ1v) is 13.3. The zero-order chi connectivity index (χ0) is 27.4. The van der Waals surface area contributed by atoms with Crippen LogP contribution in [-0.2, 0) is 29.8 Å². The Morgan fingerprint density at radius 3 is 2.58 bits per heavy atom. The quantitative estimate of drug-likeness (QED) is 0.329. The maximum absolute atomic E-state index is 13.7. The number of halogens is 3. The highest BCUT2D eigenvalue weighted by Gasteiger charge is 2.33. The second-order valence-electron chi connectivity index (χ2n) is 8.86. The van der Waals surface area contributed by atoms with Gasteiger partial charge in [-0.15, -0.1) is 0 Å². The number of sulfonamides is 1. The summed E-state index contributed by atoms with van der Waals surface area (Å²) >= 11 is 0. The molecule has 0 bridgehead atoms. The van der Waals surface area contributed by atoms with E-state index in [1.165, 1.54) is 40.3 Å². The molecule has 13 heteroatoms. The first-order valence-electron chi connectivity index (χ1n) is 11.6. The molecule has 198 valence electrons. The molecule has 0 fully saturated rings. The number of nitrogens with zero attached hydrogens (tertiary/aromatic N) is 4. The molecule has 1 aromatic carbocycles. The van der Waals surface area contributed by atoms with Gasteiger partial charge in [-0.1, -0.05) is 18.2 Å². The van der Waals surface area contributed by atoms with Crippen LogP contribution in [0.1, 0.15) is 23.9 Å². The molecule has 38 heavy (non-hydrogen) atoms. The van der Waals surface area contributed by atoms with Gasteiger partial charge in [0.05, 0.1) is 29.2 Å². The summed E-state index contributed by atoms with van der Waals surface area (Å²) in [6.07, 6.45) is -1.37. The summed E-state index contributed by atoms with van der Waals surface area (Å²) in [5.41, 5.74) is 0.691. The molecule has 0 saturated carbocycles. The van der Waals surface area contributed by atoms with Crippen LogP contribution in [0.5, 0.6) is 0 Å². The number of hydrogen-bond donors (Lipinski definition) is 2. The predicted molar refractivity (Wildman–Crippen MR) is 138 cm³/mol. The van der Waals surface area contributed by atoms with E-state index >= 15 is 0 Å². The average Bonchev–Trinajstić information content (AvgIpc) is 3.47. The van der Waals surface area contributed by atoms with E-state index in [0.29, 0.717) is 28.0 Å². The van der Waals surface area contributed by atoms with Gasteiger partial charge in [-0.2, -0.15) is 13.2 Å². The molecule has 0 unspecified atom stereocenters. The zero-order valence-electron chi connectivity index (χ0n) is 20.6. The summed E-state index contributed by atoms with van der Waals surface area (Å²) in [5.74, 6) is 0.151. The minimum Gasteiger partial charge on any atom is -0.357 e. The molecule has 2 N–H and O–H groups in total. The second kappa shape index (κ2) is 9.01. The minimum atomic E-state index is -4.56. The number of pyridine rings is 2. The van der Waals surface area contributed by atoms with E-state index in [1.807, 2.05) is 0 Å². The lowest BCUT2D eigenvalue weighted by Gasteiger charge is -2.15. The van der Waals surface area contributed by atoms with Gasteiger partial charge in [0.2, 0.25) is 10.0 Å². The van der Waals surface area contributed by atoms with Crippen molar-refractivity contribution in [2.24, 2.45) is 7.05 Å². The van der Waals surface area contributed by atoms with Gasteiger partial charge < -0.3 is 14.1 Å². The maximum Gasteiger partial charge on any atom is 0.416 e. The fourth-order valence-electron chi connectivity index (χ4n) is 4.42. The topological polar surface area (TPSA) is 115 Å². The van der Waals surface area contributed by atoms with Crippen molar-refractivity contribution in [3.05, 3.63) is 76.1 Å². The number of imidazole rings is 1. The fraction of sp³-hybridized carbons (Fsp3) is 0.240. The van der Waals surface area contributed by atoms with E-state index in [9.17, 15) is 26.4 Å². The summed E-state index contributed by atoms with van der Waals surface area (Å²) in [6, 6.07) is 8.45. The van der Waals surface area contributed by atoms with Crippen molar-refractivity contribution in [1.29, 1.82) is 0 Å². The predicted octanol–water partition coefficient (Wildman–Crippen LogP) is 4.42. The van der Waals surface area contributed by atoms with Gasteiger partial charge in [0.15, 0.2) is 5.65 Å². The lowest BCUT2D eigenvalue weighted by molar-refractivity contribution is -0.138. The highest BCUT2D eigenvalue weighted by Crippen LogP contribution is 2.35. The highest BCUT2D eigenvalue weighted by molar-refractivity contribution is 7.92. The average molecular weight is 545 g/mol. The van der Waals surface area contributed by atoms with Crippen molar-refractivity contribution in [2.75, 3.05) is 10.5 Å². The number of benzene rings is 1. The number of aryl methyl sites for hydroxylation is 2. The number of hydrogen-bond acceptors (Lipinski definition) is 5. The number of alkyl halides is 3. The summed E-state index contributed by atoms with van der Waals surface area (Å²) in [5, 5.41) is 0.564. The lowest BCUT2D eigenvalue weighted by Crippen LogP contribution is -2.17. The number of nitrogens with one attached hydrogen (secondary N) is 2. The molecule has 5 aromatic rings. The van der Waals surface area contributed by atoms with E-state index in [2.05, 4.69) is 14.7 Å². The molecule has 0 spiro atoms. The molecule has 0 aliphatic rings. The normalized spacial score (nSPS) is 12.5. The Bertz CT molecular complexity index is 1870. The van der Waals surface area contributed by atoms with E-state index in [1.54, 1.807) is 32.4 Å². The van der Waals surface area contributed by atoms with Crippen molar-refractivity contribution in [3.63, 3.8) is 0 Å². The molecule has 0 radical (unpaired) electrons. The van der Waals surface area contributed by atoms with Gasteiger partial charge in [-0.05, 0) is 37.6 Å². The Morgan fingerprint density at radius 2 is 1.87 bits per heavy atom. The molecule has 0 saturated heterocycles. The van der Waals surface area contributed by atoms with Gasteiger partial charge in [-0.3, -0.25) is 9.52 Å². The zero-order valence-corrected chi connectivity index (χ0v) is 21.4. The van der Waals surface area contributed by atoms with E-state index in [0.717, 1.165) is 6.07 Å². The van der Waals surface area contributed by atoms with Crippen LogP contribution in [0.15, 0.2) is 53.6 Å². The van der Waals surface area contributed by atoms with Gasteiger partial charge in [0, 0.05) is 30.4 Å². The van der Waals surface area contributed by atoms with Crippen molar-refractivity contribution < 1.29 is 21.6 Å². The SMILES string of the molecule is CCS(=O)(=O)Nc1cc(-c2cn(C)c(=O)c3[nH]ccc23)nc2c1nc(C)n2Cc1ccccc1C(F)(F)F. The van der Waals surface area contributed by atoms with Crippen LogP contribution in [0.2, 0.25) is 0 Å². The van der Waals surface area contributed by atoms with Crippen LogP contribution in [-0.4, -0.2) is 38.3 Å². The highest BCUT2D eigenvalue weighted by atomic mass is 32.2. The van der Waals surface area contributed by atoms with E-state index in [4.69, 9.17) is 4.98 Å². The third kappa shape index (κ3) is 4.42. The van der Waals surface area contributed by atoms with Crippen LogP contribution < -0.4 is 10.3 Å². The monoisotopic (exact) mass is 544 g/mol. The van der Waals surface area contributed by atoms with Crippen LogP contribution in [0, 0.1) is 6.92 Å². The Labute approximate surface area is 215 Å². The number of fused-ring (bicyclic) bond motifs is 2. The Kier molecular flexibility index (Phi) is 6.05. The molecule has 0 atom stereocenters. The molecule has 5 rings (SSSR count). The van der Waals surface area contributed by atoms with Gasteiger partial charge >= 0.3 is 6.18 Å². The Morgan fingerprint density at radius 1 is 1.13 bits per heavy atom. The summed E-state index contributed by atoms with van der Waals surface area (Å²) in [7, 11) is -2.16. The van der Waals surface area contributed by atoms with Crippen molar-refractivity contribution >= 4 is 37.8 Å². The molecule has 0 aliphatic heterocycles. The van der Waals surface area contributed by atoms with Crippen molar-refractivity contribution in [3.8, 4) is 11.3 Å². The number of H-pyrrole nitrogens is 1. The Balaban J connectivity index is 1.79. The summed E-state index contributed by atoms with van der Waals surface area (Å²) < 4.78 is 71.6. The second-order valence-corrected chi connectivity index (χ2v) is 10.9. The first kappa shape index (κ1) is 25.5. The first-order chi connectivity index (χ1) is 17.9. The lowest BCUT2D eigenvalue weighted by atomic mass is 10.1. The molecule has 0 aliphatic carbocycles. The van der Waals surface area contributed by atoms with Crippen LogP contribution in [0.25, 0.3) is 33.3 Å². The van der Waals surface area contributed by atoms with Gasteiger partial charge in [0.1, 0.15) is 16.9 Å². The molecule has 0 amide bonds. The number of aromatic amines is 1. The van der Waals surface area contributed by atoms with Crippen LogP contribution in [0.4, 0.5) is 18.9 Å². The number of rotatable bonds is 6. The van der Waals surface area contributed by atoms with Gasteiger partial charge in [0.25, 0.3) is 5.56 Å². The standard InChI is InChI=1S/C25H23F3N6O3S/c1-4-38(36,37)32-20-11-19(17-13-33(3)24(35)21-16(17)9-10-29-21)31-23-22(20)30-14(2)34(23)12-15-7-5-6-8-18(15)25(26,27)28/h5-11,13,29H,4,12H2,1-3H3,(H,31,32). The number of anilines is 1. The smallest absolute Gasteiger partial charge is 0.357 e. The van der Waals surface area contributed by atoms with Crippen LogP contribution >= 0.6 is 0 Å². The summed E-state index contributed by atoms with van der Waals surface area (Å²) in [4.78, 5) is 24.7. The molecular weight excluding hydrogens is 521 g/mol. The third-order valence-corrected chi connectivity index (χ3v) is 7.65. The maximum atomic E-state index is 13.7. The van der Waals surface area contributed by atoms with Crippen LogP contribution in [0.3, 0.4) is 0 Å². The third-order valence-electron chi connectivity index (χ3n) is 6.36. The molecular formula is C25H23F3N6O3S. The molecule has 4 heterocycles. The van der Waals surface area contributed by atoms with E-state index < -0.39 is 21.8 Å². The van der Waals surface area contributed by atoms with E-state index in [-0.39, 0.29) is 40.3 Å². The fourth-order valence-corrected chi connectivity index (χ4v) is 5.06. The number of aromatic nitrogens is 5. The summed E-state index contributed by atoms with van der Waals surface area (Å²) in [6.45, 7) is 2.91.